The van der Waals surface area contributed by atoms with Crippen LogP contribution < -0.4 is 5.32 Å². The Labute approximate surface area is 127 Å². The lowest BCUT2D eigenvalue weighted by molar-refractivity contribution is -0.123. The van der Waals surface area contributed by atoms with Crippen molar-refractivity contribution in [1.82, 2.24) is 5.32 Å². The molecular weight excluding hydrogens is 265 g/mol. The Balaban J connectivity index is 1.77. The molecule has 1 saturated carbocycles. The van der Waals surface area contributed by atoms with Crippen LogP contribution in [0.25, 0.3) is 0 Å². The van der Waals surface area contributed by atoms with E-state index < -0.39 is 0 Å². The zero-order chi connectivity index (χ0) is 15.4. The molecule has 3 heteroatoms. The van der Waals surface area contributed by atoms with Gasteiger partial charge >= 0.3 is 0 Å². The Hall–Kier alpha value is -1.38. The van der Waals surface area contributed by atoms with Crippen LogP contribution >= 0.6 is 0 Å². The standard InChI is InChI=1S/C18H26FNO/c1-12(2)7-6-8-13(3)20-18(21)16-11-15(16)14-9-4-5-10-17(14)19/h4-5,9-10,12-13,15-16H,6-8,11H2,1-3H3,(H,20,21). The number of hydrogen-bond acceptors (Lipinski definition) is 1. The number of carbonyl (C=O) groups is 1. The van der Waals surface area contributed by atoms with Crippen molar-refractivity contribution in [3.63, 3.8) is 0 Å². The average molecular weight is 291 g/mol. The van der Waals surface area contributed by atoms with E-state index in [0.717, 1.165) is 19.3 Å². The fourth-order valence-corrected chi connectivity index (χ4v) is 2.86. The molecule has 1 N–H and O–H groups in total. The lowest BCUT2D eigenvalue weighted by Crippen LogP contribution is -2.34. The highest BCUT2D eigenvalue weighted by molar-refractivity contribution is 5.83. The summed E-state index contributed by atoms with van der Waals surface area (Å²) in [6.45, 7) is 6.48. The molecule has 0 radical (unpaired) electrons. The number of amides is 1. The molecule has 2 nitrogen and oxygen atoms in total. The summed E-state index contributed by atoms with van der Waals surface area (Å²) in [5, 5.41) is 3.07. The van der Waals surface area contributed by atoms with Gasteiger partial charge in [0.15, 0.2) is 0 Å². The molecule has 1 fully saturated rings. The van der Waals surface area contributed by atoms with E-state index in [0.29, 0.717) is 11.5 Å². The Morgan fingerprint density at radius 2 is 2.00 bits per heavy atom. The third-order valence-electron chi connectivity index (χ3n) is 4.24. The van der Waals surface area contributed by atoms with Gasteiger partial charge < -0.3 is 5.32 Å². The molecular formula is C18H26FNO. The maximum atomic E-state index is 13.7. The molecule has 0 saturated heterocycles. The smallest absolute Gasteiger partial charge is 0.223 e. The third-order valence-corrected chi connectivity index (χ3v) is 4.24. The lowest BCUT2D eigenvalue weighted by atomic mass is 10.0. The number of benzene rings is 1. The highest BCUT2D eigenvalue weighted by atomic mass is 19.1. The van der Waals surface area contributed by atoms with E-state index in [1.165, 1.54) is 12.5 Å². The normalized spacial score (nSPS) is 22.1. The van der Waals surface area contributed by atoms with E-state index >= 15 is 0 Å². The van der Waals surface area contributed by atoms with Crippen molar-refractivity contribution in [2.75, 3.05) is 0 Å². The van der Waals surface area contributed by atoms with Crippen molar-refractivity contribution < 1.29 is 9.18 Å². The fourth-order valence-electron chi connectivity index (χ4n) is 2.86. The average Bonchev–Trinajstić information content (AvgIpc) is 3.19. The molecule has 0 bridgehead atoms. The summed E-state index contributed by atoms with van der Waals surface area (Å²) in [6, 6.07) is 6.99. The predicted molar refractivity (Wildman–Crippen MR) is 83.5 cm³/mol. The van der Waals surface area contributed by atoms with Gasteiger partial charge in [0, 0.05) is 12.0 Å². The van der Waals surface area contributed by atoms with E-state index in [1.807, 2.05) is 6.07 Å². The van der Waals surface area contributed by atoms with Crippen LogP contribution in [0.4, 0.5) is 4.39 Å². The molecule has 3 unspecified atom stereocenters. The van der Waals surface area contributed by atoms with E-state index in [2.05, 4.69) is 26.1 Å². The van der Waals surface area contributed by atoms with E-state index in [4.69, 9.17) is 0 Å². The number of nitrogens with one attached hydrogen (secondary N) is 1. The van der Waals surface area contributed by atoms with Gasteiger partial charge in [0.05, 0.1) is 0 Å². The van der Waals surface area contributed by atoms with Crippen molar-refractivity contribution in [3.8, 4) is 0 Å². The maximum absolute atomic E-state index is 13.7. The molecule has 0 aromatic heterocycles. The summed E-state index contributed by atoms with van der Waals surface area (Å²) in [6.07, 6.45) is 4.12. The minimum absolute atomic E-state index is 0.0468. The first-order chi connectivity index (χ1) is 9.99. The molecule has 0 heterocycles. The summed E-state index contributed by atoms with van der Waals surface area (Å²) in [5.41, 5.74) is 0.685. The van der Waals surface area contributed by atoms with E-state index in [-0.39, 0.29) is 29.6 Å². The van der Waals surface area contributed by atoms with Crippen LogP contribution in [0.5, 0.6) is 0 Å². The van der Waals surface area contributed by atoms with Crippen LogP contribution in [-0.4, -0.2) is 11.9 Å². The van der Waals surface area contributed by atoms with Crippen molar-refractivity contribution in [3.05, 3.63) is 35.6 Å². The zero-order valence-electron chi connectivity index (χ0n) is 13.2. The van der Waals surface area contributed by atoms with Gasteiger partial charge in [0.2, 0.25) is 5.91 Å². The zero-order valence-corrected chi connectivity index (χ0v) is 13.2. The molecule has 1 aliphatic rings. The Bertz CT molecular complexity index is 486. The highest BCUT2D eigenvalue weighted by Crippen LogP contribution is 2.48. The van der Waals surface area contributed by atoms with Crippen molar-refractivity contribution in [2.24, 2.45) is 11.8 Å². The van der Waals surface area contributed by atoms with Crippen molar-refractivity contribution in [2.45, 2.75) is 58.4 Å². The first kappa shape index (κ1) is 16.0. The number of hydrogen-bond donors (Lipinski definition) is 1. The SMILES string of the molecule is CC(C)CCCC(C)NC(=O)C1CC1c1ccccc1F. The Morgan fingerprint density at radius 3 is 2.67 bits per heavy atom. The second-order valence-electron chi connectivity index (χ2n) is 6.70. The van der Waals surface area contributed by atoms with Gasteiger partial charge in [-0.15, -0.1) is 0 Å². The van der Waals surface area contributed by atoms with Crippen LogP contribution in [0.3, 0.4) is 0 Å². The van der Waals surface area contributed by atoms with E-state index in [1.54, 1.807) is 12.1 Å². The quantitative estimate of drug-likeness (QED) is 0.799. The van der Waals surface area contributed by atoms with Gasteiger partial charge in [-0.25, -0.2) is 4.39 Å². The number of rotatable bonds is 7. The minimum atomic E-state index is -0.192. The second kappa shape index (κ2) is 7.06. The van der Waals surface area contributed by atoms with Crippen LogP contribution in [0.2, 0.25) is 0 Å². The molecule has 21 heavy (non-hydrogen) atoms. The fraction of sp³-hybridized carbons (Fsp3) is 0.611. The van der Waals surface area contributed by atoms with Crippen LogP contribution in [-0.2, 0) is 4.79 Å². The Morgan fingerprint density at radius 1 is 1.29 bits per heavy atom. The van der Waals surface area contributed by atoms with Crippen molar-refractivity contribution >= 4 is 5.91 Å². The molecule has 1 aliphatic carbocycles. The van der Waals surface area contributed by atoms with Gasteiger partial charge in [-0.1, -0.05) is 44.9 Å². The van der Waals surface area contributed by atoms with Gasteiger partial charge in [0.1, 0.15) is 5.82 Å². The topological polar surface area (TPSA) is 29.1 Å². The Kier molecular flexibility index (Phi) is 5.38. The van der Waals surface area contributed by atoms with Gasteiger partial charge in [-0.2, -0.15) is 0 Å². The maximum Gasteiger partial charge on any atom is 0.223 e. The van der Waals surface area contributed by atoms with Gasteiger partial charge in [-0.05, 0) is 43.2 Å². The molecule has 0 spiro atoms. The number of halogens is 1. The summed E-state index contributed by atoms with van der Waals surface area (Å²) in [4.78, 5) is 12.2. The summed E-state index contributed by atoms with van der Waals surface area (Å²) < 4.78 is 13.7. The largest absolute Gasteiger partial charge is 0.353 e. The summed E-state index contributed by atoms with van der Waals surface area (Å²) in [7, 11) is 0. The predicted octanol–water partition coefficient (Wildman–Crippen LogP) is 4.26. The minimum Gasteiger partial charge on any atom is -0.353 e. The third kappa shape index (κ3) is 4.55. The molecule has 116 valence electrons. The van der Waals surface area contributed by atoms with Crippen LogP contribution in [0.15, 0.2) is 24.3 Å². The number of carbonyl (C=O) groups excluding carboxylic acids is 1. The monoisotopic (exact) mass is 291 g/mol. The van der Waals surface area contributed by atoms with Gasteiger partial charge in [0.25, 0.3) is 0 Å². The molecule has 1 aromatic carbocycles. The molecule has 3 atom stereocenters. The lowest BCUT2D eigenvalue weighted by Gasteiger charge is -2.14. The second-order valence-corrected chi connectivity index (χ2v) is 6.70. The molecule has 1 aromatic rings. The molecule has 1 amide bonds. The molecule has 0 aliphatic heterocycles. The van der Waals surface area contributed by atoms with Crippen molar-refractivity contribution in [1.29, 1.82) is 0 Å². The van der Waals surface area contributed by atoms with Gasteiger partial charge in [-0.3, -0.25) is 4.79 Å². The van der Waals surface area contributed by atoms with Crippen LogP contribution in [0, 0.1) is 17.7 Å². The summed E-state index contributed by atoms with van der Waals surface area (Å²) >= 11 is 0. The first-order valence-corrected chi connectivity index (χ1v) is 8.03. The summed E-state index contributed by atoms with van der Waals surface area (Å²) in [5.74, 6) is 0.619. The molecule has 2 rings (SSSR count). The highest BCUT2D eigenvalue weighted by Gasteiger charge is 2.45. The van der Waals surface area contributed by atoms with E-state index in [9.17, 15) is 9.18 Å². The van der Waals surface area contributed by atoms with Crippen LogP contribution in [0.1, 0.15) is 57.9 Å². The first-order valence-electron chi connectivity index (χ1n) is 8.03.